The lowest BCUT2D eigenvalue weighted by Gasteiger charge is -2.29. The summed E-state index contributed by atoms with van der Waals surface area (Å²) in [4.78, 5) is 12.6. The fourth-order valence-corrected chi connectivity index (χ4v) is 4.25. The minimum Gasteiger partial charge on any atom is -0.378 e. The zero-order valence-electron chi connectivity index (χ0n) is 14.9. The summed E-state index contributed by atoms with van der Waals surface area (Å²) in [7, 11) is -3.84. The third-order valence-electron chi connectivity index (χ3n) is 3.72. The van der Waals surface area contributed by atoms with E-state index in [1.807, 2.05) is 6.07 Å². The zero-order chi connectivity index (χ0) is 19.0. The van der Waals surface area contributed by atoms with Crippen molar-refractivity contribution in [2.75, 3.05) is 13.2 Å². The van der Waals surface area contributed by atoms with Gasteiger partial charge in [0.2, 0.25) is 0 Å². The Hall–Kier alpha value is -1.98. The van der Waals surface area contributed by atoms with Gasteiger partial charge in [0.25, 0.3) is 5.91 Å². The first kappa shape index (κ1) is 20.3. The molecule has 0 unspecified atom stereocenters. The lowest BCUT2D eigenvalue weighted by molar-refractivity contribution is 0.0862. The Morgan fingerprint density at radius 3 is 2.00 bits per heavy atom. The van der Waals surface area contributed by atoms with Crippen LogP contribution in [0.1, 0.15) is 35.8 Å². The Morgan fingerprint density at radius 2 is 1.50 bits per heavy atom. The number of hydrogen-bond donors (Lipinski definition) is 2. The van der Waals surface area contributed by atoms with Crippen LogP contribution in [0.15, 0.2) is 60.7 Å². The first-order valence-electron chi connectivity index (χ1n) is 8.49. The van der Waals surface area contributed by atoms with Crippen molar-refractivity contribution in [2.45, 2.75) is 25.7 Å². The van der Waals surface area contributed by atoms with Crippen LogP contribution in [0.5, 0.6) is 0 Å². The third-order valence-corrected chi connectivity index (χ3v) is 5.90. The molecule has 2 rings (SSSR count). The van der Waals surface area contributed by atoms with Gasteiger partial charge < -0.3 is 19.5 Å². The summed E-state index contributed by atoms with van der Waals surface area (Å²) in [6.07, 6.45) is 0. The fourth-order valence-electron chi connectivity index (χ4n) is 2.54. The molecule has 0 saturated carbocycles. The van der Waals surface area contributed by atoms with Gasteiger partial charge in [0, 0.05) is 5.56 Å². The fraction of sp³-hybridized carbons (Fsp3) is 0.316. The molecule has 0 heterocycles. The molecule has 0 fully saturated rings. The van der Waals surface area contributed by atoms with E-state index in [0.717, 1.165) is 0 Å². The van der Waals surface area contributed by atoms with Crippen LogP contribution in [-0.2, 0) is 13.6 Å². The molecule has 2 aromatic carbocycles. The first-order valence-corrected chi connectivity index (χ1v) is 10.1. The van der Waals surface area contributed by atoms with Crippen molar-refractivity contribution in [3.8, 4) is 0 Å². The molecule has 0 aliphatic heterocycles. The molecule has 0 aromatic heterocycles. The molecule has 2 atom stereocenters. The molecule has 6 nitrogen and oxygen atoms in total. The van der Waals surface area contributed by atoms with Crippen LogP contribution in [0.3, 0.4) is 0 Å². The van der Waals surface area contributed by atoms with Crippen LogP contribution in [0.2, 0.25) is 0 Å². The van der Waals surface area contributed by atoms with Crippen molar-refractivity contribution in [1.29, 1.82) is 0 Å². The summed E-state index contributed by atoms with van der Waals surface area (Å²) in [6.45, 7) is 3.56. The monoisotopic (exact) mass is 377 g/mol. The standard InChI is InChI=1S/C19H24NO5P/c1-3-24-26(23,25-4-2)19(22)17(15-11-7-5-8-12-15)20-18(21)16-13-9-6-10-14-16/h5-14,17,19,22H,3-4H2,1-2H3,(H,20,21)/t17-,19-/m0/s1. The maximum atomic E-state index is 13.0. The van der Waals surface area contributed by atoms with Crippen LogP contribution in [0, 0.1) is 0 Å². The molecule has 140 valence electrons. The molecule has 0 bridgehead atoms. The maximum Gasteiger partial charge on any atom is 0.361 e. The second-order valence-corrected chi connectivity index (χ2v) is 7.64. The minimum absolute atomic E-state index is 0.114. The molecule has 1 amide bonds. The molecule has 0 spiro atoms. The van der Waals surface area contributed by atoms with Gasteiger partial charge in [-0.2, -0.15) is 0 Å². The number of nitrogens with one attached hydrogen (secondary N) is 1. The van der Waals surface area contributed by atoms with E-state index in [-0.39, 0.29) is 13.2 Å². The van der Waals surface area contributed by atoms with Gasteiger partial charge in [0.1, 0.15) is 0 Å². The van der Waals surface area contributed by atoms with E-state index in [1.165, 1.54) is 0 Å². The highest BCUT2D eigenvalue weighted by molar-refractivity contribution is 7.54. The summed E-state index contributed by atoms with van der Waals surface area (Å²) in [5, 5.41) is 13.6. The number of rotatable bonds is 9. The van der Waals surface area contributed by atoms with Crippen LogP contribution in [0.25, 0.3) is 0 Å². The van der Waals surface area contributed by atoms with E-state index in [1.54, 1.807) is 68.4 Å². The van der Waals surface area contributed by atoms with E-state index >= 15 is 0 Å². The van der Waals surface area contributed by atoms with Crippen LogP contribution >= 0.6 is 7.60 Å². The topological polar surface area (TPSA) is 84.9 Å². The SMILES string of the molecule is CCOP(=O)(OCC)[C@H](O)[C@@H](NC(=O)c1ccccc1)c1ccccc1. The highest BCUT2D eigenvalue weighted by Crippen LogP contribution is 2.55. The Labute approximate surface area is 153 Å². The van der Waals surface area contributed by atoms with E-state index in [0.29, 0.717) is 11.1 Å². The molecule has 0 saturated heterocycles. The van der Waals surface area contributed by atoms with Gasteiger partial charge in [-0.15, -0.1) is 0 Å². The van der Waals surface area contributed by atoms with Gasteiger partial charge in [-0.3, -0.25) is 9.36 Å². The van der Waals surface area contributed by atoms with Gasteiger partial charge in [-0.1, -0.05) is 48.5 Å². The lowest BCUT2D eigenvalue weighted by atomic mass is 10.1. The van der Waals surface area contributed by atoms with E-state index < -0.39 is 25.4 Å². The van der Waals surface area contributed by atoms with Crippen molar-refractivity contribution >= 4 is 13.5 Å². The second-order valence-electron chi connectivity index (χ2n) is 5.52. The van der Waals surface area contributed by atoms with Crippen molar-refractivity contribution in [3.05, 3.63) is 71.8 Å². The predicted molar refractivity (Wildman–Crippen MR) is 100.0 cm³/mol. The smallest absolute Gasteiger partial charge is 0.361 e. The van der Waals surface area contributed by atoms with E-state index in [9.17, 15) is 14.5 Å². The van der Waals surface area contributed by atoms with Gasteiger partial charge in [0.15, 0.2) is 5.85 Å². The average Bonchev–Trinajstić information content (AvgIpc) is 2.67. The van der Waals surface area contributed by atoms with Crippen LogP contribution in [0.4, 0.5) is 0 Å². The summed E-state index contributed by atoms with van der Waals surface area (Å²) in [6, 6.07) is 16.5. The quantitative estimate of drug-likeness (QED) is 0.650. The summed E-state index contributed by atoms with van der Waals surface area (Å²) in [5.74, 6) is -1.93. The second kappa shape index (κ2) is 9.64. The first-order chi connectivity index (χ1) is 12.5. The summed E-state index contributed by atoms with van der Waals surface area (Å²) in [5.41, 5.74) is 1.03. The Morgan fingerprint density at radius 1 is 1.00 bits per heavy atom. The highest BCUT2D eigenvalue weighted by Gasteiger charge is 2.41. The number of carbonyl (C=O) groups is 1. The molecule has 0 aliphatic carbocycles. The van der Waals surface area contributed by atoms with E-state index in [2.05, 4.69) is 5.32 Å². The van der Waals surface area contributed by atoms with E-state index in [4.69, 9.17) is 9.05 Å². The lowest BCUT2D eigenvalue weighted by Crippen LogP contribution is -2.37. The van der Waals surface area contributed by atoms with Gasteiger partial charge in [-0.05, 0) is 31.5 Å². The summed E-state index contributed by atoms with van der Waals surface area (Å²) >= 11 is 0. The van der Waals surface area contributed by atoms with Crippen molar-refractivity contribution in [3.63, 3.8) is 0 Å². The Balaban J connectivity index is 2.35. The average molecular weight is 377 g/mol. The Kier molecular flexibility index (Phi) is 7.54. The number of aliphatic hydroxyl groups excluding tert-OH is 1. The zero-order valence-corrected chi connectivity index (χ0v) is 15.8. The number of benzene rings is 2. The number of amides is 1. The van der Waals surface area contributed by atoms with Gasteiger partial charge in [0.05, 0.1) is 19.3 Å². The molecule has 7 heteroatoms. The minimum atomic E-state index is -3.84. The largest absolute Gasteiger partial charge is 0.378 e. The number of hydrogen-bond acceptors (Lipinski definition) is 5. The molecule has 2 aromatic rings. The molecular weight excluding hydrogens is 353 g/mol. The van der Waals surface area contributed by atoms with Gasteiger partial charge in [-0.25, -0.2) is 0 Å². The number of aliphatic hydroxyl groups is 1. The molecule has 0 aliphatic rings. The van der Waals surface area contributed by atoms with Crippen molar-refractivity contribution < 1.29 is 23.5 Å². The van der Waals surface area contributed by atoms with Crippen LogP contribution in [-0.4, -0.2) is 30.1 Å². The highest BCUT2D eigenvalue weighted by atomic mass is 31.2. The molecule has 0 radical (unpaired) electrons. The summed E-state index contributed by atoms with van der Waals surface area (Å²) < 4.78 is 23.5. The van der Waals surface area contributed by atoms with Crippen LogP contribution < -0.4 is 5.32 Å². The van der Waals surface area contributed by atoms with Crippen molar-refractivity contribution in [2.24, 2.45) is 0 Å². The molecule has 2 N–H and O–H groups in total. The normalized spacial score (nSPS) is 13.8. The predicted octanol–water partition coefficient (Wildman–Crippen LogP) is 3.74. The van der Waals surface area contributed by atoms with Crippen molar-refractivity contribution in [1.82, 2.24) is 5.32 Å². The van der Waals surface area contributed by atoms with Gasteiger partial charge >= 0.3 is 7.60 Å². The molecular formula is C19H24NO5P. The molecule has 26 heavy (non-hydrogen) atoms. The maximum absolute atomic E-state index is 13.0. The Bertz CT molecular complexity index is 728. The number of carbonyl (C=O) groups excluding carboxylic acids is 1. The third kappa shape index (κ3) is 5.02.